The summed E-state index contributed by atoms with van der Waals surface area (Å²) in [7, 11) is 2.11. The summed E-state index contributed by atoms with van der Waals surface area (Å²) in [6, 6.07) is 10.7. The molecule has 3 aromatic rings. The smallest absolute Gasteiger partial charge is 0.255 e. The second-order valence-corrected chi connectivity index (χ2v) is 7.84. The summed E-state index contributed by atoms with van der Waals surface area (Å²) in [5.41, 5.74) is 5.22. The third-order valence-electron chi connectivity index (χ3n) is 5.98. The van der Waals surface area contributed by atoms with E-state index in [-0.39, 0.29) is 5.56 Å². The van der Waals surface area contributed by atoms with Crippen LogP contribution in [0.3, 0.4) is 0 Å². The highest BCUT2D eigenvalue weighted by Gasteiger charge is 2.23. The van der Waals surface area contributed by atoms with Crippen molar-refractivity contribution in [3.05, 3.63) is 63.5 Å². The zero-order valence-corrected chi connectivity index (χ0v) is 16.2. The lowest BCUT2D eigenvalue weighted by atomic mass is 10.0. The van der Waals surface area contributed by atoms with Crippen molar-refractivity contribution in [1.29, 1.82) is 0 Å². The minimum Gasteiger partial charge on any atom is -0.346 e. The van der Waals surface area contributed by atoms with Crippen LogP contribution in [0.5, 0.6) is 0 Å². The molecule has 6 nitrogen and oxygen atoms in total. The first-order valence-corrected chi connectivity index (χ1v) is 10.1. The molecule has 0 saturated heterocycles. The summed E-state index contributed by atoms with van der Waals surface area (Å²) in [6.07, 6.45) is 3.97. The van der Waals surface area contributed by atoms with Crippen molar-refractivity contribution in [2.24, 2.45) is 12.0 Å². The quantitative estimate of drug-likeness (QED) is 0.765. The van der Waals surface area contributed by atoms with Crippen molar-refractivity contribution in [3.8, 4) is 0 Å². The van der Waals surface area contributed by atoms with Gasteiger partial charge in [-0.3, -0.25) is 14.7 Å². The van der Waals surface area contributed by atoms with Gasteiger partial charge >= 0.3 is 0 Å². The number of aromatic nitrogens is 3. The first-order valence-electron chi connectivity index (χ1n) is 10.1. The fourth-order valence-electron chi connectivity index (χ4n) is 4.37. The lowest BCUT2D eigenvalue weighted by Crippen LogP contribution is -2.36. The number of aromatic amines is 1. The average molecular weight is 375 g/mol. The number of H-pyrrole nitrogens is 1. The molecule has 28 heavy (non-hydrogen) atoms. The topological polar surface area (TPSA) is 66.3 Å². The van der Waals surface area contributed by atoms with Gasteiger partial charge in [0.15, 0.2) is 5.82 Å². The lowest BCUT2D eigenvalue weighted by molar-refractivity contribution is 0.237. The fourth-order valence-corrected chi connectivity index (χ4v) is 4.37. The van der Waals surface area contributed by atoms with E-state index >= 15 is 0 Å². The van der Waals surface area contributed by atoms with Crippen molar-refractivity contribution in [2.75, 3.05) is 13.1 Å². The number of aryl methyl sites for hydroxylation is 1. The molecule has 2 aliphatic heterocycles. The van der Waals surface area contributed by atoms with Gasteiger partial charge in [0.2, 0.25) is 0 Å². The minimum absolute atomic E-state index is 0.00462. The van der Waals surface area contributed by atoms with Gasteiger partial charge in [-0.15, -0.1) is 0 Å². The predicted octanol–water partition coefficient (Wildman–Crippen LogP) is 2.79. The maximum absolute atomic E-state index is 12.8. The summed E-state index contributed by atoms with van der Waals surface area (Å²) < 4.78 is 2.25. The van der Waals surface area contributed by atoms with Gasteiger partial charge in [0, 0.05) is 50.9 Å². The van der Waals surface area contributed by atoms with Crippen LogP contribution in [0, 0.1) is 0 Å². The van der Waals surface area contributed by atoms with Crippen molar-refractivity contribution in [1.82, 2.24) is 19.4 Å². The number of nitrogens with zero attached hydrogens (tertiary/aromatic N) is 4. The summed E-state index contributed by atoms with van der Waals surface area (Å²) in [4.78, 5) is 27.4. The van der Waals surface area contributed by atoms with Gasteiger partial charge in [-0.05, 0) is 36.8 Å². The van der Waals surface area contributed by atoms with E-state index in [1.807, 2.05) is 0 Å². The van der Waals surface area contributed by atoms with Gasteiger partial charge < -0.3 is 9.55 Å². The molecule has 0 fully saturated rings. The van der Waals surface area contributed by atoms with Crippen LogP contribution >= 0.6 is 0 Å². The number of nitrogens with one attached hydrogen (secondary N) is 1. The highest BCUT2D eigenvalue weighted by atomic mass is 16.1. The fraction of sp³-hybridized carbons (Fsp3) is 0.409. The Kier molecular flexibility index (Phi) is 4.36. The molecule has 1 aromatic carbocycles. The summed E-state index contributed by atoms with van der Waals surface area (Å²) >= 11 is 0. The first kappa shape index (κ1) is 17.4. The lowest BCUT2D eigenvalue weighted by Gasteiger charge is -2.28. The Labute approximate surface area is 163 Å². The van der Waals surface area contributed by atoms with Crippen LogP contribution in [0.25, 0.3) is 10.9 Å². The van der Waals surface area contributed by atoms with Gasteiger partial charge in [0.05, 0.1) is 17.0 Å². The molecule has 0 atom stereocenters. The predicted molar refractivity (Wildman–Crippen MR) is 111 cm³/mol. The third kappa shape index (κ3) is 3.07. The summed E-state index contributed by atoms with van der Waals surface area (Å²) in [5.74, 6) is 0.686. The Bertz CT molecular complexity index is 1120. The number of para-hydroxylation sites is 1. The molecule has 144 valence electrons. The number of hydrogen-bond donors (Lipinski definition) is 1. The number of rotatable bonds is 3. The van der Waals surface area contributed by atoms with E-state index in [9.17, 15) is 4.79 Å². The zero-order valence-electron chi connectivity index (χ0n) is 16.2. The molecule has 0 bridgehead atoms. The van der Waals surface area contributed by atoms with Crippen LogP contribution in [0.1, 0.15) is 42.0 Å². The molecule has 0 aliphatic carbocycles. The van der Waals surface area contributed by atoms with Crippen LogP contribution in [-0.2, 0) is 26.6 Å². The molecule has 0 radical (unpaired) electrons. The molecular formula is C22H25N5O. The van der Waals surface area contributed by atoms with Gasteiger partial charge in [0.1, 0.15) is 0 Å². The van der Waals surface area contributed by atoms with E-state index in [4.69, 9.17) is 4.98 Å². The van der Waals surface area contributed by atoms with Crippen molar-refractivity contribution in [3.63, 3.8) is 0 Å². The van der Waals surface area contributed by atoms with Crippen molar-refractivity contribution < 1.29 is 0 Å². The van der Waals surface area contributed by atoms with E-state index in [1.54, 1.807) is 0 Å². The van der Waals surface area contributed by atoms with Crippen LogP contribution in [0.2, 0.25) is 0 Å². The average Bonchev–Trinajstić information content (AvgIpc) is 3.04. The molecule has 0 amide bonds. The second-order valence-electron chi connectivity index (χ2n) is 7.84. The van der Waals surface area contributed by atoms with Gasteiger partial charge in [0.25, 0.3) is 5.56 Å². The SMILES string of the molecule is Cn1c(CN2CCc3nc(C4=NCCCC4)[nH]c(=O)c3C2)cc2ccccc21. The van der Waals surface area contributed by atoms with E-state index in [0.717, 1.165) is 62.3 Å². The van der Waals surface area contributed by atoms with Crippen LogP contribution < -0.4 is 5.56 Å². The molecule has 6 heteroatoms. The molecule has 0 spiro atoms. The molecule has 0 saturated carbocycles. The summed E-state index contributed by atoms with van der Waals surface area (Å²) in [6.45, 7) is 3.23. The van der Waals surface area contributed by atoms with E-state index in [2.05, 4.69) is 56.8 Å². The highest BCUT2D eigenvalue weighted by molar-refractivity contribution is 5.97. The molecule has 4 heterocycles. The second kappa shape index (κ2) is 7.02. The van der Waals surface area contributed by atoms with Gasteiger partial charge in [-0.25, -0.2) is 4.98 Å². The maximum atomic E-state index is 12.8. The molecule has 2 aromatic heterocycles. The highest BCUT2D eigenvalue weighted by Crippen LogP contribution is 2.22. The minimum atomic E-state index is -0.00462. The van der Waals surface area contributed by atoms with Crippen molar-refractivity contribution in [2.45, 2.75) is 38.8 Å². The third-order valence-corrected chi connectivity index (χ3v) is 5.98. The van der Waals surface area contributed by atoms with E-state index < -0.39 is 0 Å². The van der Waals surface area contributed by atoms with Crippen LogP contribution in [0.15, 0.2) is 40.1 Å². The van der Waals surface area contributed by atoms with Crippen LogP contribution in [-0.4, -0.2) is 38.2 Å². The largest absolute Gasteiger partial charge is 0.346 e. The monoisotopic (exact) mass is 375 g/mol. The van der Waals surface area contributed by atoms with E-state index in [1.165, 1.54) is 16.6 Å². The number of hydrogen-bond acceptors (Lipinski definition) is 4. The number of benzene rings is 1. The maximum Gasteiger partial charge on any atom is 0.255 e. The van der Waals surface area contributed by atoms with Gasteiger partial charge in [-0.2, -0.15) is 0 Å². The Balaban J connectivity index is 1.40. The normalized spacial score (nSPS) is 17.5. The molecule has 5 rings (SSSR count). The molecular weight excluding hydrogens is 350 g/mol. The Morgan fingerprint density at radius 3 is 2.89 bits per heavy atom. The molecule has 2 aliphatic rings. The Hall–Kier alpha value is -2.73. The standard InChI is InChI=1S/C22H25N5O/c1-26-16(12-15-6-2-3-8-20(15)26)13-27-11-9-18-17(14-27)22(28)25-21(24-18)19-7-4-5-10-23-19/h2-3,6,8,12H,4-5,7,9-11,13-14H2,1H3,(H,24,25,28). The number of aliphatic imine (C=N–C) groups is 1. The number of fused-ring (bicyclic) bond motifs is 2. The molecule has 1 N–H and O–H groups in total. The zero-order chi connectivity index (χ0) is 19.1. The summed E-state index contributed by atoms with van der Waals surface area (Å²) in [5, 5.41) is 1.26. The Morgan fingerprint density at radius 2 is 2.07 bits per heavy atom. The Morgan fingerprint density at radius 1 is 1.18 bits per heavy atom. The molecule has 0 unspecified atom stereocenters. The van der Waals surface area contributed by atoms with Crippen molar-refractivity contribution >= 4 is 16.6 Å². The van der Waals surface area contributed by atoms with E-state index in [0.29, 0.717) is 12.4 Å². The first-order chi connectivity index (χ1) is 13.7. The van der Waals surface area contributed by atoms with Crippen LogP contribution in [0.4, 0.5) is 0 Å². The van der Waals surface area contributed by atoms with Gasteiger partial charge in [-0.1, -0.05) is 18.2 Å².